The summed E-state index contributed by atoms with van der Waals surface area (Å²) in [5.74, 6) is 0.374. The first kappa shape index (κ1) is 16.3. The van der Waals surface area contributed by atoms with Gasteiger partial charge in [-0.05, 0) is 26.0 Å². The average molecular weight is 344 g/mol. The molecule has 24 heavy (non-hydrogen) atoms. The second kappa shape index (κ2) is 6.50. The molecule has 1 amide bonds. The zero-order valence-electron chi connectivity index (χ0n) is 13.4. The molecule has 3 rings (SSSR count). The van der Waals surface area contributed by atoms with E-state index in [1.807, 2.05) is 13.8 Å². The molecule has 7 nitrogen and oxygen atoms in total. The highest BCUT2D eigenvalue weighted by molar-refractivity contribution is 7.15. The number of methoxy groups -OCH3 is 1. The smallest absolute Gasteiger partial charge is 0.270 e. The van der Waals surface area contributed by atoms with Gasteiger partial charge in [-0.2, -0.15) is 4.98 Å². The lowest BCUT2D eigenvalue weighted by molar-refractivity contribution is 0.100. The molecule has 1 atom stereocenters. The molecule has 2 aromatic heterocycles. The Balaban J connectivity index is 1.90. The summed E-state index contributed by atoms with van der Waals surface area (Å²) in [6.07, 6.45) is -0.0915. The fourth-order valence-corrected chi connectivity index (χ4v) is 3.12. The number of nitrogens with zero attached hydrogens (tertiary/aromatic N) is 3. The average Bonchev–Trinajstić information content (AvgIpc) is 3.20. The standard InChI is InChI=1S/C16H16N4O3S/c1-8-12(24-16(18-8)9(2)22-3)15-19-14(20-23-15)11-6-4-10(5-7-11)13(17)21/h4-7,9H,1-3H3,(H2,17,21). The van der Waals surface area contributed by atoms with E-state index in [1.165, 1.54) is 11.3 Å². The highest BCUT2D eigenvalue weighted by atomic mass is 32.1. The van der Waals surface area contributed by atoms with Crippen LogP contribution in [0.4, 0.5) is 0 Å². The van der Waals surface area contributed by atoms with E-state index < -0.39 is 5.91 Å². The number of hydrogen-bond acceptors (Lipinski definition) is 7. The second-order valence-electron chi connectivity index (χ2n) is 5.21. The van der Waals surface area contributed by atoms with E-state index in [0.717, 1.165) is 21.1 Å². The SMILES string of the molecule is COC(C)c1nc(C)c(-c2nc(-c3ccc(C(N)=O)cc3)no2)s1. The van der Waals surface area contributed by atoms with Gasteiger partial charge < -0.3 is 15.0 Å². The molecule has 0 saturated heterocycles. The minimum absolute atomic E-state index is 0.0915. The largest absolute Gasteiger partial charge is 0.375 e. The molecule has 0 aliphatic carbocycles. The van der Waals surface area contributed by atoms with Gasteiger partial charge in [-0.3, -0.25) is 4.79 Å². The lowest BCUT2D eigenvalue weighted by atomic mass is 10.1. The Morgan fingerprint density at radius 1 is 1.29 bits per heavy atom. The molecular formula is C16H16N4O3S. The summed E-state index contributed by atoms with van der Waals surface area (Å²) >= 11 is 1.47. The maximum Gasteiger partial charge on any atom is 0.270 e. The van der Waals surface area contributed by atoms with Crippen molar-refractivity contribution >= 4 is 17.2 Å². The van der Waals surface area contributed by atoms with Crippen LogP contribution in [0.3, 0.4) is 0 Å². The molecule has 0 aliphatic rings. The van der Waals surface area contributed by atoms with Gasteiger partial charge >= 0.3 is 0 Å². The molecule has 0 radical (unpaired) electrons. The number of nitrogens with two attached hydrogens (primary N) is 1. The van der Waals surface area contributed by atoms with E-state index >= 15 is 0 Å². The van der Waals surface area contributed by atoms with Crippen molar-refractivity contribution in [2.24, 2.45) is 5.73 Å². The van der Waals surface area contributed by atoms with Crippen molar-refractivity contribution in [3.8, 4) is 22.2 Å². The molecule has 0 fully saturated rings. The Morgan fingerprint density at radius 3 is 2.62 bits per heavy atom. The van der Waals surface area contributed by atoms with Crippen LogP contribution in [-0.2, 0) is 4.74 Å². The Labute approximate surface area is 142 Å². The second-order valence-corrected chi connectivity index (χ2v) is 6.24. The van der Waals surface area contributed by atoms with Crippen LogP contribution in [0.25, 0.3) is 22.2 Å². The topological polar surface area (TPSA) is 104 Å². The molecule has 0 aliphatic heterocycles. The Kier molecular flexibility index (Phi) is 4.41. The highest BCUT2D eigenvalue weighted by Gasteiger charge is 2.19. The summed E-state index contributed by atoms with van der Waals surface area (Å²) in [6, 6.07) is 6.72. The number of primary amides is 1. The van der Waals surface area contributed by atoms with Crippen LogP contribution in [0.15, 0.2) is 28.8 Å². The van der Waals surface area contributed by atoms with Gasteiger partial charge in [-0.25, -0.2) is 4.98 Å². The van der Waals surface area contributed by atoms with Crippen molar-refractivity contribution in [2.75, 3.05) is 7.11 Å². The van der Waals surface area contributed by atoms with Crippen molar-refractivity contribution in [3.63, 3.8) is 0 Å². The number of amides is 1. The number of benzene rings is 1. The number of thiazole rings is 1. The molecule has 1 unspecified atom stereocenters. The fraction of sp³-hybridized carbons (Fsp3) is 0.250. The Hall–Kier alpha value is -2.58. The predicted octanol–water partition coefficient (Wildman–Crippen LogP) is 2.97. The van der Waals surface area contributed by atoms with E-state index in [-0.39, 0.29) is 6.10 Å². The number of carbonyl (C=O) groups excluding carboxylic acids is 1. The van der Waals surface area contributed by atoms with E-state index in [4.69, 9.17) is 15.0 Å². The van der Waals surface area contributed by atoms with Crippen molar-refractivity contribution < 1.29 is 14.1 Å². The molecule has 1 aromatic carbocycles. The minimum atomic E-state index is -0.476. The number of carbonyl (C=O) groups is 1. The summed E-state index contributed by atoms with van der Waals surface area (Å²) in [6.45, 7) is 3.82. The third kappa shape index (κ3) is 3.06. The number of hydrogen-bond donors (Lipinski definition) is 1. The first-order chi connectivity index (χ1) is 11.5. The molecule has 0 bridgehead atoms. The van der Waals surface area contributed by atoms with Gasteiger partial charge in [-0.1, -0.05) is 17.3 Å². The van der Waals surface area contributed by atoms with Gasteiger partial charge in [0.05, 0.1) is 5.69 Å². The van der Waals surface area contributed by atoms with E-state index in [2.05, 4.69) is 15.1 Å². The number of aromatic nitrogens is 3. The molecular weight excluding hydrogens is 328 g/mol. The predicted molar refractivity (Wildman–Crippen MR) is 89.5 cm³/mol. The minimum Gasteiger partial charge on any atom is -0.375 e. The van der Waals surface area contributed by atoms with E-state index in [9.17, 15) is 4.79 Å². The highest BCUT2D eigenvalue weighted by Crippen LogP contribution is 2.33. The summed E-state index contributed by atoms with van der Waals surface area (Å²) in [7, 11) is 1.64. The van der Waals surface area contributed by atoms with Gasteiger partial charge in [0.1, 0.15) is 16.0 Å². The normalized spacial score (nSPS) is 12.3. The first-order valence-corrected chi connectivity index (χ1v) is 8.05. The van der Waals surface area contributed by atoms with Crippen molar-refractivity contribution in [2.45, 2.75) is 20.0 Å². The third-order valence-electron chi connectivity index (χ3n) is 3.56. The number of aryl methyl sites for hydroxylation is 1. The molecule has 2 heterocycles. The van der Waals surface area contributed by atoms with Crippen LogP contribution in [0, 0.1) is 6.92 Å². The zero-order valence-corrected chi connectivity index (χ0v) is 14.3. The summed E-state index contributed by atoms with van der Waals surface area (Å²) in [5.41, 5.74) is 7.22. The maximum absolute atomic E-state index is 11.1. The van der Waals surface area contributed by atoms with Gasteiger partial charge in [0.2, 0.25) is 11.7 Å². The van der Waals surface area contributed by atoms with Gasteiger partial charge in [0.25, 0.3) is 5.89 Å². The monoisotopic (exact) mass is 344 g/mol. The van der Waals surface area contributed by atoms with E-state index in [0.29, 0.717) is 17.3 Å². The van der Waals surface area contributed by atoms with Crippen molar-refractivity contribution in [3.05, 3.63) is 40.5 Å². The van der Waals surface area contributed by atoms with Gasteiger partial charge in [0.15, 0.2) is 0 Å². The first-order valence-electron chi connectivity index (χ1n) is 7.24. The lowest BCUT2D eigenvalue weighted by Crippen LogP contribution is -2.10. The Morgan fingerprint density at radius 2 is 2.00 bits per heavy atom. The molecule has 3 aromatic rings. The summed E-state index contributed by atoms with van der Waals surface area (Å²) in [4.78, 5) is 20.8. The van der Waals surface area contributed by atoms with E-state index in [1.54, 1.807) is 31.4 Å². The Bertz CT molecular complexity index is 870. The molecule has 124 valence electrons. The molecule has 0 saturated carbocycles. The van der Waals surface area contributed by atoms with Crippen molar-refractivity contribution in [1.29, 1.82) is 0 Å². The number of ether oxygens (including phenoxy) is 1. The summed E-state index contributed by atoms with van der Waals surface area (Å²) in [5, 5.41) is 4.86. The summed E-state index contributed by atoms with van der Waals surface area (Å²) < 4.78 is 10.7. The van der Waals surface area contributed by atoms with Crippen LogP contribution in [0.5, 0.6) is 0 Å². The zero-order chi connectivity index (χ0) is 17.3. The van der Waals surface area contributed by atoms with Crippen LogP contribution >= 0.6 is 11.3 Å². The van der Waals surface area contributed by atoms with Gasteiger partial charge in [0, 0.05) is 18.2 Å². The van der Waals surface area contributed by atoms with Crippen molar-refractivity contribution in [1.82, 2.24) is 15.1 Å². The molecule has 0 spiro atoms. The maximum atomic E-state index is 11.1. The lowest BCUT2D eigenvalue weighted by Gasteiger charge is -2.02. The number of rotatable bonds is 5. The fourth-order valence-electron chi connectivity index (χ4n) is 2.11. The quantitative estimate of drug-likeness (QED) is 0.763. The third-order valence-corrected chi connectivity index (χ3v) is 4.87. The van der Waals surface area contributed by atoms with Crippen LogP contribution in [-0.4, -0.2) is 28.1 Å². The van der Waals surface area contributed by atoms with Crippen LogP contribution in [0.2, 0.25) is 0 Å². The molecule has 8 heteroatoms. The van der Waals surface area contributed by atoms with Gasteiger partial charge in [-0.15, -0.1) is 11.3 Å². The van der Waals surface area contributed by atoms with Crippen LogP contribution < -0.4 is 5.73 Å². The van der Waals surface area contributed by atoms with Crippen LogP contribution in [0.1, 0.15) is 34.1 Å². The molecule has 2 N–H and O–H groups in total.